The Bertz CT molecular complexity index is 784. The molecule has 148 valence electrons. The van der Waals surface area contributed by atoms with Crippen LogP contribution in [0.15, 0.2) is 85.1 Å². The SMILES string of the molecule is C=C/C=C\C(=C/C)CC(N)C(O)CN(N)Cc1ccc(-c2ccccn2)cc1. The van der Waals surface area contributed by atoms with Crippen molar-refractivity contribution in [2.75, 3.05) is 6.54 Å². The van der Waals surface area contributed by atoms with Crippen LogP contribution in [0.5, 0.6) is 0 Å². The Labute approximate surface area is 167 Å². The lowest BCUT2D eigenvalue weighted by Gasteiger charge is -2.24. The van der Waals surface area contributed by atoms with Crippen molar-refractivity contribution in [3.05, 3.63) is 90.7 Å². The molecule has 1 heterocycles. The van der Waals surface area contributed by atoms with Crippen LogP contribution in [0.2, 0.25) is 0 Å². The number of nitrogens with zero attached hydrogens (tertiary/aromatic N) is 2. The summed E-state index contributed by atoms with van der Waals surface area (Å²) in [5.41, 5.74) is 10.3. The average molecular weight is 379 g/mol. The van der Waals surface area contributed by atoms with E-state index in [9.17, 15) is 5.11 Å². The summed E-state index contributed by atoms with van der Waals surface area (Å²) in [4.78, 5) is 4.35. The van der Waals surface area contributed by atoms with Gasteiger partial charge in [-0.3, -0.25) is 10.8 Å². The Balaban J connectivity index is 1.87. The number of aliphatic hydroxyl groups excluding tert-OH is 1. The molecule has 0 bridgehead atoms. The zero-order valence-electron chi connectivity index (χ0n) is 16.4. The van der Waals surface area contributed by atoms with Gasteiger partial charge in [0.2, 0.25) is 0 Å². The van der Waals surface area contributed by atoms with E-state index < -0.39 is 12.1 Å². The van der Waals surface area contributed by atoms with Crippen molar-refractivity contribution in [2.24, 2.45) is 11.6 Å². The molecule has 0 fully saturated rings. The number of rotatable bonds is 10. The number of benzene rings is 1. The summed E-state index contributed by atoms with van der Waals surface area (Å²) in [6, 6.07) is 13.5. The third-order valence-electron chi connectivity index (χ3n) is 4.50. The van der Waals surface area contributed by atoms with Crippen LogP contribution in [0.4, 0.5) is 0 Å². The fourth-order valence-corrected chi connectivity index (χ4v) is 2.87. The van der Waals surface area contributed by atoms with Gasteiger partial charge in [-0.15, -0.1) is 0 Å². The number of aromatic nitrogens is 1. The maximum absolute atomic E-state index is 10.4. The molecule has 0 saturated carbocycles. The van der Waals surface area contributed by atoms with E-state index in [2.05, 4.69) is 11.6 Å². The minimum absolute atomic E-state index is 0.297. The summed E-state index contributed by atoms with van der Waals surface area (Å²) in [5, 5.41) is 12.0. The highest BCUT2D eigenvalue weighted by molar-refractivity contribution is 5.58. The zero-order chi connectivity index (χ0) is 20.4. The minimum Gasteiger partial charge on any atom is -0.390 e. The molecule has 0 aliphatic heterocycles. The highest BCUT2D eigenvalue weighted by atomic mass is 16.3. The van der Waals surface area contributed by atoms with E-state index in [1.165, 1.54) is 0 Å². The van der Waals surface area contributed by atoms with Crippen molar-refractivity contribution < 1.29 is 5.11 Å². The Kier molecular flexibility index (Phi) is 8.78. The summed E-state index contributed by atoms with van der Waals surface area (Å²) in [6.07, 6.45) is 9.14. The molecule has 2 unspecified atom stereocenters. The Morgan fingerprint density at radius 3 is 2.61 bits per heavy atom. The molecule has 0 spiro atoms. The quantitative estimate of drug-likeness (QED) is 0.336. The molecular weight excluding hydrogens is 348 g/mol. The summed E-state index contributed by atoms with van der Waals surface area (Å²) >= 11 is 0. The van der Waals surface area contributed by atoms with Crippen molar-refractivity contribution in [3.63, 3.8) is 0 Å². The smallest absolute Gasteiger partial charge is 0.0835 e. The first kappa shape index (κ1) is 21.7. The first-order chi connectivity index (χ1) is 13.5. The van der Waals surface area contributed by atoms with Crippen LogP contribution < -0.4 is 11.6 Å². The third-order valence-corrected chi connectivity index (χ3v) is 4.50. The van der Waals surface area contributed by atoms with Gasteiger partial charge in [-0.05, 0) is 31.0 Å². The number of pyridine rings is 1. The molecule has 0 amide bonds. The molecule has 0 saturated heterocycles. The summed E-state index contributed by atoms with van der Waals surface area (Å²) in [7, 11) is 0. The summed E-state index contributed by atoms with van der Waals surface area (Å²) in [5.74, 6) is 6.10. The Hall–Kier alpha value is -2.57. The third kappa shape index (κ3) is 6.87. The normalized spacial score (nSPS) is 14.4. The van der Waals surface area contributed by atoms with Crippen LogP contribution in [0.25, 0.3) is 11.3 Å². The van der Waals surface area contributed by atoms with E-state index in [1.54, 1.807) is 17.3 Å². The maximum atomic E-state index is 10.4. The van der Waals surface area contributed by atoms with Gasteiger partial charge in [0, 0.05) is 30.9 Å². The molecule has 5 heteroatoms. The van der Waals surface area contributed by atoms with E-state index in [4.69, 9.17) is 11.6 Å². The molecule has 5 N–H and O–H groups in total. The van der Waals surface area contributed by atoms with Gasteiger partial charge in [0.15, 0.2) is 0 Å². The van der Waals surface area contributed by atoms with Crippen LogP contribution in [-0.2, 0) is 6.54 Å². The predicted octanol–water partition coefficient (Wildman–Crippen LogP) is 3.19. The summed E-state index contributed by atoms with van der Waals surface area (Å²) in [6.45, 7) is 6.44. The van der Waals surface area contributed by atoms with Gasteiger partial charge < -0.3 is 10.8 Å². The lowest BCUT2D eigenvalue weighted by atomic mass is 10.0. The fraction of sp³-hybridized carbons (Fsp3) is 0.261. The molecule has 1 aromatic heterocycles. The number of allylic oxidation sites excluding steroid dienone is 4. The number of hydrogen-bond donors (Lipinski definition) is 3. The monoisotopic (exact) mass is 378 g/mol. The van der Waals surface area contributed by atoms with Crippen molar-refractivity contribution in [1.82, 2.24) is 9.99 Å². The van der Waals surface area contributed by atoms with E-state index in [0.29, 0.717) is 19.5 Å². The van der Waals surface area contributed by atoms with E-state index in [-0.39, 0.29) is 0 Å². The molecule has 2 aromatic rings. The number of aliphatic hydroxyl groups is 1. The van der Waals surface area contributed by atoms with Crippen LogP contribution >= 0.6 is 0 Å². The predicted molar refractivity (Wildman–Crippen MR) is 116 cm³/mol. The standard InChI is InChI=1S/C23H30N4O/c1-3-5-8-18(4-2)15-21(24)23(28)17-27(25)16-19-10-12-20(13-11-19)22-9-6-7-14-26-22/h3-14,21,23,28H,1,15-17,24-25H2,2H3/b8-5-,18-4+. The molecule has 1 aromatic carbocycles. The highest BCUT2D eigenvalue weighted by Crippen LogP contribution is 2.17. The highest BCUT2D eigenvalue weighted by Gasteiger charge is 2.18. The van der Waals surface area contributed by atoms with Gasteiger partial charge in [0.25, 0.3) is 0 Å². The van der Waals surface area contributed by atoms with Gasteiger partial charge in [-0.25, -0.2) is 5.01 Å². The topological polar surface area (TPSA) is 88.4 Å². The zero-order valence-corrected chi connectivity index (χ0v) is 16.4. The number of hydrogen-bond acceptors (Lipinski definition) is 5. The van der Waals surface area contributed by atoms with Gasteiger partial charge in [0.05, 0.1) is 11.8 Å². The van der Waals surface area contributed by atoms with Crippen molar-refractivity contribution in [1.29, 1.82) is 0 Å². The Morgan fingerprint density at radius 1 is 1.25 bits per heavy atom. The second kappa shape index (κ2) is 11.3. The van der Waals surface area contributed by atoms with Crippen LogP contribution in [-0.4, -0.2) is 33.8 Å². The van der Waals surface area contributed by atoms with Crippen LogP contribution in [0.3, 0.4) is 0 Å². The molecule has 2 rings (SSSR count). The van der Waals surface area contributed by atoms with Gasteiger partial charge in [-0.1, -0.05) is 66.8 Å². The molecule has 2 atom stereocenters. The molecule has 5 nitrogen and oxygen atoms in total. The van der Waals surface area contributed by atoms with Gasteiger partial charge in [0.1, 0.15) is 0 Å². The minimum atomic E-state index is -0.718. The average Bonchev–Trinajstić information content (AvgIpc) is 2.72. The first-order valence-electron chi connectivity index (χ1n) is 9.41. The van der Waals surface area contributed by atoms with Crippen molar-refractivity contribution >= 4 is 0 Å². The first-order valence-corrected chi connectivity index (χ1v) is 9.41. The largest absolute Gasteiger partial charge is 0.390 e. The molecule has 0 radical (unpaired) electrons. The lowest BCUT2D eigenvalue weighted by Crippen LogP contribution is -2.45. The molecule has 0 aliphatic carbocycles. The van der Waals surface area contributed by atoms with Crippen molar-refractivity contribution in [3.8, 4) is 11.3 Å². The lowest BCUT2D eigenvalue weighted by molar-refractivity contribution is 0.0879. The second-order valence-corrected chi connectivity index (χ2v) is 6.74. The van der Waals surface area contributed by atoms with E-state index in [1.807, 2.05) is 67.6 Å². The number of hydrazine groups is 1. The van der Waals surface area contributed by atoms with Crippen LogP contribution in [0, 0.1) is 0 Å². The molecular formula is C23H30N4O. The van der Waals surface area contributed by atoms with Gasteiger partial charge in [-0.2, -0.15) is 0 Å². The number of nitrogens with two attached hydrogens (primary N) is 2. The fourth-order valence-electron chi connectivity index (χ4n) is 2.87. The Morgan fingerprint density at radius 2 is 2.00 bits per heavy atom. The van der Waals surface area contributed by atoms with E-state index >= 15 is 0 Å². The van der Waals surface area contributed by atoms with Crippen molar-refractivity contribution in [2.45, 2.75) is 32.0 Å². The maximum Gasteiger partial charge on any atom is 0.0835 e. The molecule has 0 aliphatic rings. The summed E-state index contributed by atoms with van der Waals surface area (Å²) < 4.78 is 0. The van der Waals surface area contributed by atoms with E-state index in [0.717, 1.165) is 22.4 Å². The molecule has 28 heavy (non-hydrogen) atoms. The second-order valence-electron chi connectivity index (χ2n) is 6.74. The van der Waals surface area contributed by atoms with Crippen LogP contribution in [0.1, 0.15) is 18.9 Å². The van der Waals surface area contributed by atoms with Gasteiger partial charge >= 0.3 is 0 Å².